The molecular formula is C19H22N2O. The smallest absolute Gasteiger partial charge is 0.249 e. The molecule has 3 heteroatoms. The number of nitrogens with zero attached hydrogens (tertiary/aromatic N) is 1. The normalized spacial score (nSPS) is 20.4. The first kappa shape index (κ1) is 14.8. The topological polar surface area (TPSA) is 32.3 Å². The Morgan fingerprint density at radius 1 is 1.05 bits per heavy atom. The van der Waals surface area contributed by atoms with Crippen LogP contribution in [0.15, 0.2) is 54.6 Å². The largest absolute Gasteiger partial charge is 0.308 e. The van der Waals surface area contributed by atoms with Crippen molar-refractivity contribution in [3.8, 4) is 0 Å². The van der Waals surface area contributed by atoms with Gasteiger partial charge in [0.15, 0.2) is 0 Å². The highest BCUT2D eigenvalue weighted by Gasteiger charge is 2.41. The molecule has 22 heavy (non-hydrogen) atoms. The van der Waals surface area contributed by atoms with Crippen LogP contribution in [0.2, 0.25) is 0 Å². The van der Waals surface area contributed by atoms with Gasteiger partial charge in [0.2, 0.25) is 5.91 Å². The first-order valence-corrected chi connectivity index (χ1v) is 7.69. The number of nitrogens with one attached hydrogen (secondary N) is 1. The van der Waals surface area contributed by atoms with Crippen molar-refractivity contribution in [2.45, 2.75) is 26.3 Å². The Kier molecular flexibility index (Phi) is 3.75. The van der Waals surface area contributed by atoms with E-state index in [4.69, 9.17) is 0 Å². The molecule has 0 radical (unpaired) electrons. The third-order valence-electron chi connectivity index (χ3n) is 4.43. The van der Waals surface area contributed by atoms with Crippen molar-refractivity contribution in [3.63, 3.8) is 0 Å². The number of para-hydroxylation sites is 2. The first-order valence-electron chi connectivity index (χ1n) is 7.69. The lowest BCUT2D eigenvalue weighted by Crippen LogP contribution is -2.50. The standard InChI is InChI=1S/C19H22N2O/c1-19(2)13-14-9-7-8-12-16(14)21(18(22)17(19)20-3)15-10-5-4-6-11-15/h4-12,17,20H,13H2,1-3H3. The van der Waals surface area contributed by atoms with Crippen molar-refractivity contribution in [1.82, 2.24) is 5.32 Å². The van der Waals surface area contributed by atoms with Gasteiger partial charge in [-0.1, -0.05) is 50.2 Å². The van der Waals surface area contributed by atoms with E-state index in [9.17, 15) is 4.79 Å². The summed E-state index contributed by atoms with van der Waals surface area (Å²) in [7, 11) is 1.86. The third kappa shape index (κ3) is 2.42. The zero-order valence-corrected chi connectivity index (χ0v) is 13.3. The highest BCUT2D eigenvalue weighted by Crippen LogP contribution is 2.39. The van der Waals surface area contributed by atoms with Gasteiger partial charge in [0, 0.05) is 5.69 Å². The number of benzene rings is 2. The summed E-state index contributed by atoms with van der Waals surface area (Å²) in [5.74, 6) is 0.101. The second-order valence-corrected chi connectivity index (χ2v) is 6.52. The Labute approximate surface area is 132 Å². The zero-order chi connectivity index (χ0) is 15.7. The molecule has 0 aliphatic carbocycles. The van der Waals surface area contributed by atoms with Crippen LogP contribution in [0.4, 0.5) is 11.4 Å². The summed E-state index contributed by atoms with van der Waals surface area (Å²) in [6.07, 6.45) is 0.865. The van der Waals surface area contributed by atoms with E-state index >= 15 is 0 Å². The molecule has 0 saturated heterocycles. The van der Waals surface area contributed by atoms with E-state index in [2.05, 4.69) is 25.2 Å². The highest BCUT2D eigenvalue weighted by molar-refractivity contribution is 6.05. The van der Waals surface area contributed by atoms with Crippen molar-refractivity contribution in [2.75, 3.05) is 11.9 Å². The number of fused-ring (bicyclic) bond motifs is 1. The van der Waals surface area contributed by atoms with Crippen molar-refractivity contribution in [1.29, 1.82) is 0 Å². The third-order valence-corrected chi connectivity index (χ3v) is 4.43. The Morgan fingerprint density at radius 2 is 1.68 bits per heavy atom. The lowest BCUT2D eigenvalue weighted by Gasteiger charge is -2.32. The van der Waals surface area contributed by atoms with Gasteiger partial charge in [-0.05, 0) is 42.6 Å². The van der Waals surface area contributed by atoms with Gasteiger partial charge < -0.3 is 5.32 Å². The Hall–Kier alpha value is -2.13. The number of anilines is 2. The summed E-state index contributed by atoms with van der Waals surface area (Å²) in [6.45, 7) is 4.30. The lowest BCUT2D eigenvalue weighted by molar-refractivity contribution is -0.122. The van der Waals surface area contributed by atoms with Crippen LogP contribution < -0.4 is 10.2 Å². The molecule has 0 bridgehead atoms. The summed E-state index contributed by atoms with van der Waals surface area (Å²) >= 11 is 0. The number of hydrogen-bond donors (Lipinski definition) is 1. The monoisotopic (exact) mass is 294 g/mol. The Balaban J connectivity index is 2.20. The Morgan fingerprint density at radius 3 is 2.36 bits per heavy atom. The van der Waals surface area contributed by atoms with Crippen molar-refractivity contribution < 1.29 is 4.79 Å². The average Bonchev–Trinajstić information content (AvgIpc) is 2.58. The fourth-order valence-electron chi connectivity index (χ4n) is 3.41. The van der Waals surface area contributed by atoms with E-state index in [1.165, 1.54) is 5.56 Å². The molecule has 114 valence electrons. The molecule has 3 nitrogen and oxygen atoms in total. The van der Waals surface area contributed by atoms with Crippen LogP contribution in [0.5, 0.6) is 0 Å². The maximum atomic E-state index is 13.2. The molecule has 1 unspecified atom stereocenters. The van der Waals surface area contributed by atoms with Gasteiger partial charge in [-0.15, -0.1) is 0 Å². The minimum Gasteiger partial charge on any atom is -0.308 e. The molecule has 2 aromatic carbocycles. The molecule has 0 fully saturated rings. The fraction of sp³-hybridized carbons (Fsp3) is 0.316. The maximum absolute atomic E-state index is 13.2. The summed E-state index contributed by atoms with van der Waals surface area (Å²) in [5, 5.41) is 3.23. The molecule has 1 atom stereocenters. The van der Waals surface area contributed by atoms with Crippen molar-refractivity contribution >= 4 is 17.3 Å². The van der Waals surface area contributed by atoms with Gasteiger partial charge in [-0.2, -0.15) is 0 Å². The molecule has 0 spiro atoms. The second kappa shape index (κ2) is 5.58. The molecule has 1 heterocycles. The number of hydrogen-bond acceptors (Lipinski definition) is 2. The predicted molar refractivity (Wildman–Crippen MR) is 90.4 cm³/mol. The summed E-state index contributed by atoms with van der Waals surface area (Å²) in [6, 6.07) is 17.9. The van der Waals surface area contributed by atoms with Crippen LogP contribution in [0.25, 0.3) is 0 Å². The van der Waals surface area contributed by atoms with E-state index < -0.39 is 0 Å². The molecule has 1 amide bonds. The van der Waals surface area contributed by atoms with E-state index in [0.717, 1.165) is 17.8 Å². The van der Waals surface area contributed by atoms with Gasteiger partial charge >= 0.3 is 0 Å². The van der Waals surface area contributed by atoms with Crippen LogP contribution in [-0.2, 0) is 11.2 Å². The van der Waals surface area contributed by atoms with Gasteiger partial charge in [0.1, 0.15) is 0 Å². The summed E-state index contributed by atoms with van der Waals surface area (Å²) in [4.78, 5) is 15.1. The fourth-order valence-corrected chi connectivity index (χ4v) is 3.41. The summed E-state index contributed by atoms with van der Waals surface area (Å²) in [5.41, 5.74) is 2.97. The zero-order valence-electron chi connectivity index (χ0n) is 13.3. The highest BCUT2D eigenvalue weighted by atomic mass is 16.2. The van der Waals surface area contributed by atoms with Crippen LogP contribution in [-0.4, -0.2) is 19.0 Å². The van der Waals surface area contributed by atoms with E-state index in [-0.39, 0.29) is 17.4 Å². The van der Waals surface area contributed by atoms with E-state index in [0.29, 0.717) is 0 Å². The van der Waals surface area contributed by atoms with Gasteiger partial charge in [-0.25, -0.2) is 0 Å². The molecular weight excluding hydrogens is 272 g/mol. The molecule has 1 aliphatic heterocycles. The first-order chi connectivity index (χ1) is 10.5. The molecule has 1 aliphatic rings. The number of carbonyl (C=O) groups is 1. The Bertz CT molecular complexity index is 679. The van der Waals surface area contributed by atoms with Gasteiger partial charge in [-0.3, -0.25) is 9.69 Å². The quantitative estimate of drug-likeness (QED) is 0.919. The van der Waals surface area contributed by atoms with Crippen molar-refractivity contribution in [3.05, 3.63) is 60.2 Å². The number of carbonyl (C=O) groups excluding carboxylic acids is 1. The number of rotatable bonds is 2. The molecule has 3 rings (SSSR count). The van der Waals surface area contributed by atoms with E-state index in [1.807, 2.05) is 60.5 Å². The lowest BCUT2D eigenvalue weighted by atomic mass is 9.79. The minimum absolute atomic E-state index is 0.101. The molecule has 0 aromatic heterocycles. The maximum Gasteiger partial charge on any atom is 0.249 e. The number of likely N-dealkylation sites (N-methyl/N-ethyl adjacent to an activating group) is 1. The van der Waals surface area contributed by atoms with Crippen molar-refractivity contribution in [2.24, 2.45) is 5.41 Å². The van der Waals surface area contributed by atoms with Crippen LogP contribution in [0.3, 0.4) is 0 Å². The summed E-state index contributed by atoms with van der Waals surface area (Å²) < 4.78 is 0. The molecule has 2 aromatic rings. The van der Waals surface area contributed by atoms with Crippen LogP contribution in [0.1, 0.15) is 19.4 Å². The van der Waals surface area contributed by atoms with Crippen LogP contribution >= 0.6 is 0 Å². The molecule has 1 N–H and O–H groups in total. The second-order valence-electron chi connectivity index (χ2n) is 6.52. The number of amides is 1. The SMILES string of the molecule is CNC1C(=O)N(c2ccccc2)c2ccccc2CC1(C)C. The molecule has 0 saturated carbocycles. The average molecular weight is 294 g/mol. The van der Waals surface area contributed by atoms with Gasteiger partial charge in [0.05, 0.1) is 11.7 Å². The van der Waals surface area contributed by atoms with Gasteiger partial charge in [0.25, 0.3) is 0 Å². The van der Waals surface area contributed by atoms with Crippen LogP contribution in [0, 0.1) is 5.41 Å². The van der Waals surface area contributed by atoms with E-state index in [1.54, 1.807) is 0 Å². The predicted octanol–water partition coefficient (Wildman–Crippen LogP) is 3.52. The minimum atomic E-state index is -0.222.